The number of fused-ring (bicyclic) bond motifs is 3. The molecular weight excluding hydrogens is 486 g/mol. The van der Waals surface area contributed by atoms with Gasteiger partial charge in [-0.2, -0.15) is 10.2 Å². The van der Waals surface area contributed by atoms with E-state index in [-0.39, 0.29) is 11.5 Å². The first-order valence-corrected chi connectivity index (χ1v) is 12.7. The molecule has 8 heteroatoms. The molecule has 7 nitrogen and oxygen atoms in total. The summed E-state index contributed by atoms with van der Waals surface area (Å²) in [4.78, 5) is 18.0. The summed E-state index contributed by atoms with van der Waals surface area (Å²) in [6.07, 6.45) is 5.94. The number of pyridine rings is 1. The van der Waals surface area contributed by atoms with E-state index in [1.54, 1.807) is 33.7 Å². The Morgan fingerprint density at radius 2 is 1.92 bits per heavy atom. The van der Waals surface area contributed by atoms with Gasteiger partial charge in [-0.1, -0.05) is 41.9 Å². The minimum Gasteiger partial charge on any atom is -0.506 e. The van der Waals surface area contributed by atoms with Gasteiger partial charge in [-0.05, 0) is 68.5 Å². The third-order valence-electron chi connectivity index (χ3n) is 7.39. The second-order valence-corrected chi connectivity index (χ2v) is 10.4. The minimum atomic E-state index is -0.447. The number of hydrogen-bond acceptors (Lipinski definition) is 5. The summed E-state index contributed by atoms with van der Waals surface area (Å²) < 4.78 is 3.42. The van der Waals surface area contributed by atoms with Crippen molar-refractivity contribution in [2.24, 2.45) is 0 Å². The van der Waals surface area contributed by atoms with Crippen molar-refractivity contribution < 1.29 is 9.90 Å². The third-order valence-corrected chi connectivity index (χ3v) is 7.70. The van der Waals surface area contributed by atoms with E-state index in [1.165, 1.54) is 0 Å². The molecule has 1 aliphatic carbocycles. The highest BCUT2D eigenvalue weighted by Gasteiger charge is 2.40. The quantitative estimate of drug-likeness (QED) is 0.311. The lowest BCUT2D eigenvalue weighted by atomic mass is 9.65. The maximum absolute atomic E-state index is 13.8. The van der Waals surface area contributed by atoms with E-state index < -0.39 is 5.41 Å². The SMILES string of the molecule is Cc1cc(O)c2c3c(nn2c1)CCC(CC(=O)c1ccc(-n2cnc(C)n2)cc1Cl)(c1ccccc1)C3. The van der Waals surface area contributed by atoms with Gasteiger partial charge in [-0.15, -0.1) is 0 Å². The second-order valence-electron chi connectivity index (χ2n) is 9.94. The van der Waals surface area contributed by atoms with E-state index in [4.69, 9.17) is 16.7 Å². The van der Waals surface area contributed by atoms with Crippen LogP contribution in [0.3, 0.4) is 0 Å². The number of rotatable bonds is 5. The van der Waals surface area contributed by atoms with Crippen LogP contribution in [-0.2, 0) is 18.3 Å². The number of aromatic nitrogens is 5. The summed E-state index contributed by atoms with van der Waals surface area (Å²) in [5.74, 6) is 0.854. The average Bonchev–Trinajstić information content (AvgIpc) is 3.47. The predicted octanol–water partition coefficient (Wildman–Crippen LogP) is 5.59. The fourth-order valence-corrected chi connectivity index (χ4v) is 5.88. The normalized spacial score (nSPS) is 17.2. The summed E-state index contributed by atoms with van der Waals surface area (Å²) in [6, 6.07) is 17.3. The van der Waals surface area contributed by atoms with Gasteiger partial charge < -0.3 is 5.11 Å². The number of Topliss-reactive ketones (excluding diaryl/α,β-unsaturated/α-hetero) is 1. The highest BCUT2D eigenvalue weighted by Crippen LogP contribution is 2.44. The number of ketones is 1. The number of nitrogens with zero attached hydrogens (tertiary/aromatic N) is 5. The number of aromatic hydroxyl groups is 1. The highest BCUT2D eigenvalue weighted by atomic mass is 35.5. The maximum Gasteiger partial charge on any atom is 0.165 e. The van der Waals surface area contributed by atoms with E-state index in [2.05, 4.69) is 22.2 Å². The highest BCUT2D eigenvalue weighted by molar-refractivity contribution is 6.34. The molecule has 3 aromatic heterocycles. The molecule has 1 atom stereocenters. The Hall–Kier alpha value is -3.97. The van der Waals surface area contributed by atoms with Crippen LogP contribution in [0.5, 0.6) is 5.75 Å². The smallest absolute Gasteiger partial charge is 0.165 e. The third kappa shape index (κ3) is 4.09. The molecule has 0 saturated heterocycles. The van der Waals surface area contributed by atoms with E-state index >= 15 is 0 Å². The largest absolute Gasteiger partial charge is 0.506 e. The molecule has 37 heavy (non-hydrogen) atoms. The Morgan fingerprint density at radius 3 is 2.65 bits per heavy atom. The Labute approximate surface area is 219 Å². The molecule has 0 amide bonds. The Kier molecular flexibility index (Phi) is 5.60. The van der Waals surface area contributed by atoms with Gasteiger partial charge in [0.05, 0.1) is 16.4 Å². The molecule has 3 heterocycles. The van der Waals surface area contributed by atoms with Gasteiger partial charge in [0.1, 0.15) is 23.4 Å². The molecule has 0 fully saturated rings. The van der Waals surface area contributed by atoms with Gasteiger partial charge in [0.25, 0.3) is 0 Å². The molecule has 5 aromatic rings. The summed E-state index contributed by atoms with van der Waals surface area (Å²) in [5.41, 5.74) is 5.53. The van der Waals surface area contributed by atoms with Crippen LogP contribution in [0.15, 0.2) is 67.1 Å². The molecule has 6 rings (SSSR count). The average molecular weight is 512 g/mol. The van der Waals surface area contributed by atoms with Crippen molar-refractivity contribution in [3.63, 3.8) is 0 Å². The minimum absolute atomic E-state index is 0.0184. The van der Waals surface area contributed by atoms with Crippen molar-refractivity contribution in [3.05, 3.63) is 106 Å². The van der Waals surface area contributed by atoms with Crippen molar-refractivity contribution in [2.75, 3.05) is 0 Å². The molecule has 1 aliphatic rings. The topological polar surface area (TPSA) is 85.3 Å². The lowest BCUT2D eigenvalue weighted by Gasteiger charge is -2.37. The van der Waals surface area contributed by atoms with E-state index in [0.29, 0.717) is 29.3 Å². The zero-order valence-electron chi connectivity index (χ0n) is 20.6. The van der Waals surface area contributed by atoms with Crippen LogP contribution in [0, 0.1) is 13.8 Å². The molecule has 0 spiro atoms. The fraction of sp³-hybridized carbons (Fsp3) is 0.241. The molecule has 1 unspecified atom stereocenters. The lowest BCUT2D eigenvalue weighted by molar-refractivity contribution is 0.0942. The standard InChI is InChI=1S/C29H26ClN5O2/c1-18-12-26(36)28-23-14-29(20-6-4-3-5-7-20,11-10-25(23)33-34(28)16-18)15-27(37)22-9-8-21(13-24(22)30)35-17-31-19(2)32-35/h3-9,12-13,16-17,36H,10-11,14-15H2,1-2H3. The van der Waals surface area contributed by atoms with Crippen LogP contribution in [0.4, 0.5) is 0 Å². The summed E-state index contributed by atoms with van der Waals surface area (Å²) in [6.45, 7) is 3.76. The molecule has 0 aliphatic heterocycles. The number of carbonyl (C=O) groups is 1. The van der Waals surface area contributed by atoms with Gasteiger partial charge >= 0.3 is 0 Å². The monoisotopic (exact) mass is 511 g/mol. The Balaban J connectivity index is 1.39. The molecule has 186 valence electrons. The van der Waals surface area contributed by atoms with E-state index in [1.807, 2.05) is 44.3 Å². The van der Waals surface area contributed by atoms with Gasteiger partial charge in [-0.3, -0.25) is 4.79 Å². The van der Waals surface area contributed by atoms with Crippen molar-refractivity contribution in [3.8, 4) is 11.4 Å². The molecule has 0 bridgehead atoms. The van der Waals surface area contributed by atoms with Gasteiger partial charge in [-0.25, -0.2) is 14.2 Å². The van der Waals surface area contributed by atoms with Crippen LogP contribution < -0.4 is 0 Å². The summed E-state index contributed by atoms with van der Waals surface area (Å²) in [7, 11) is 0. The van der Waals surface area contributed by atoms with Crippen molar-refractivity contribution in [1.82, 2.24) is 24.4 Å². The molecule has 0 radical (unpaired) electrons. The van der Waals surface area contributed by atoms with E-state index in [0.717, 1.165) is 46.4 Å². The fourth-order valence-electron chi connectivity index (χ4n) is 5.60. The van der Waals surface area contributed by atoms with Crippen molar-refractivity contribution >= 4 is 22.9 Å². The molecule has 0 saturated carbocycles. The van der Waals surface area contributed by atoms with Crippen LogP contribution >= 0.6 is 11.6 Å². The second kappa shape index (κ2) is 8.85. The first-order chi connectivity index (χ1) is 17.8. The van der Waals surface area contributed by atoms with Crippen molar-refractivity contribution in [1.29, 1.82) is 0 Å². The van der Waals surface area contributed by atoms with Gasteiger partial charge in [0.15, 0.2) is 5.78 Å². The number of halogens is 1. The Bertz CT molecular complexity index is 1660. The van der Waals surface area contributed by atoms with Crippen molar-refractivity contribution in [2.45, 2.75) is 44.9 Å². The zero-order chi connectivity index (χ0) is 25.7. The Morgan fingerprint density at radius 1 is 1.11 bits per heavy atom. The molecular formula is C29H26ClN5O2. The van der Waals surface area contributed by atoms with E-state index in [9.17, 15) is 9.90 Å². The van der Waals surface area contributed by atoms with Crippen LogP contribution in [-0.4, -0.2) is 35.3 Å². The van der Waals surface area contributed by atoms with Crippen LogP contribution in [0.25, 0.3) is 11.2 Å². The molecule has 1 N–H and O–H groups in total. The first kappa shape index (κ1) is 23.4. The predicted molar refractivity (Wildman–Crippen MR) is 142 cm³/mol. The number of aryl methyl sites for hydroxylation is 3. The zero-order valence-corrected chi connectivity index (χ0v) is 21.4. The molecule has 2 aromatic carbocycles. The van der Waals surface area contributed by atoms with Crippen LogP contribution in [0.2, 0.25) is 5.02 Å². The lowest BCUT2D eigenvalue weighted by Crippen LogP contribution is -2.36. The van der Waals surface area contributed by atoms with Crippen LogP contribution in [0.1, 0.15) is 51.4 Å². The van der Waals surface area contributed by atoms with Gasteiger partial charge in [0, 0.05) is 29.2 Å². The number of carbonyl (C=O) groups excluding carboxylic acids is 1. The number of benzene rings is 2. The summed E-state index contributed by atoms with van der Waals surface area (Å²) in [5, 5.41) is 20.3. The first-order valence-electron chi connectivity index (χ1n) is 12.3. The van der Waals surface area contributed by atoms with Gasteiger partial charge in [0.2, 0.25) is 0 Å². The number of hydrogen-bond donors (Lipinski definition) is 1. The summed E-state index contributed by atoms with van der Waals surface area (Å²) >= 11 is 6.64. The maximum atomic E-state index is 13.8.